The number of nitrogens with one attached hydrogen (secondary N) is 2. The number of thiazole rings is 1. The summed E-state index contributed by atoms with van der Waals surface area (Å²) in [5, 5.41) is 6.54. The highest BCUT2D eigenvalue weighted by Crippen LogP contribution is 2.29. The molecule has 7 heteroatoms. The van der Waals surface area contributed by atoms with E-state index in [1.807, 2.05) is 61.5 Å². The molecule has 0 aliphatic rings. The van der Waals surface area contributed by atoms with Crippen molar-refractivity contribution in [1.82, 2.24) is 4.98 Å². The second-order valence-electron chi connectivity index (χ2n) is 6.45. The van der Waals surface area contributed by atoms with E-state index in [4.69, 9.17) is 4.74 Å². The molecule has 2 N–H and O–H groups in total. The average Bonchev–Trinajstić information content (AvgIpc) is 3.11. The molecule has 0 bridgehead atoms. The maximum absolute atomic E-state index is 13.0. The number of halogens is 1. The van der Waals surface area contributed by atoms with Crippen LogP contribution >= 0.6 is 11.3 Å². The van der Waals surface area contributed by atoms with Gasteiger partial charge in [0.25, 0.3) is 5.91 Å². The standard InChI is InChI=1S/C23H18FN3O2S/c1-15-21(22(28)25-17-12-10-16(24)11-13-17)27-23(30-15)26-18-6-5-9-20(14-18)29-19-7-3-2-4-8-19/h2-14H,1H3,(H,25,28)(H,26,27). The van der Waals surface area contributed by atoms with Crippen molar-refractivity contribution in [1.29, 1.82) is 0 Å². The number of amides is 1. The first-order valence-electron chi connectivity index (χ1n) is 9.21. The van der Waals surface area contributed by atoms with Crippen LogP contribution in [0.3, 0.4) is 0 Å². The van der Waals surface area contributed by atoms with Gasteiger partial charge in [0.05, 0.1) is 0 Å². The molecule has 1 heterocycles. The summed E-state index contributed by atoms with van der Waals surface area (Å²) in [5.74, 6) is 0.737. The number of benzene rings is 3. The highest BCUT2D eigenvalue weighted by molar-refractivity contribution is 7.15. The molecule has 1 aromatic heterocycles. The number of rotatable bonds is 6. The minimum Gasteiger partial charge on any atom is -0.457 e. The largest absolute Gasteiger partial charge is 0.457 e. The lowest BCUT2D eigenvalue weighted by Crippen LogP contribution is -2.13. The summed E-state index contributed by atoms with van der Waals surface area (Å²) >= 11 is 1.38. The van der Waals surface area contributed by atoms with Gasteiger partial charge in [-0.3, -0.25) is 4.79 Å². The lowest BCUT2D eigenvalue weighted by molar-refractivity contribution is 0.102. The van der Waals surface area contributed by atoms with Gasteiger partial charge >= 0.3 is 0 Å². The number of hydrogen-bond acceptors (Lipinski definition) is 5. The van der Waals surface area contributed by atoms with E-state index in [1.165, 1.54) is 35.6 Å². The summed E-state index contributed by atoms with van der Waals surface area (Å²) in [6, 6.07) is 22.6. The van der Waals surface area contributed by atoms with E-state index in [-0.39, 0.29) is 11.7 Å². The van der Waals surface area contributed by atoms with E-state index in [0.29, 0.717) is 22.3 Å². The van der Waals surface area contributed by atoms with Crippen molar-refractivity contribution in [2.75, 3.05) is 10.6 Å². The summed E-state index contributed by atoms with van der Waals surface area (Å²) in [6.07, 6.45) is 0. The molecule has 0 aliphatic carbocycles. The third kappa shape index (κ3) is 4.82. The zero-order chi connectivity index (χ0) is 20.9. The van der Waals surface area contributed by atoms with Crippen LogP contribution < -0.4 is 15.4 Å². The Morgan fingerprint density at radius 2 is 1.67 bits per heavy atom. The molecule has 1 amide bonds. The van der Waals surface area contributed by atoms with Gasteiger partial charge in [0.15, 0.2) is 5.13 Å². The highest BCUT2D eigenvalue weighted by Gasteiger charge is 2.16. The van der Waals surface area contributed by atoms with Crippen LogP contribution in [-0.4, -0.2) is 10.9 Å². The molecule has 150 valence electrons. The van der Waals surface area contributed by atoms with Crippen LogP contribution in [0.5, 0.6) is 11.5 Å². The monoisotopic (exact) mass is 419 g/mol. The molecule has 0 aliphatic heterocycles. The number of aromatic nitrogens is 1. The van der Waals surface area contributed by atoms with E-state index in [1.54, 1.807) is 0 Å². The molecule has 0 unspecified atom stereocenters. The predicted octanol–water partition coefficient (Wildman–Crippen LogP) is 6.38. The van der Waals surface area contributed by atoms with E-state index in [0.717, 1.165) is 16.3 Å². The molecule has 5 nitrogen and oxygen atoms in total. The molecule has 0 saturated carbocycles. The Bertz CT molecular complexity index is 1160. The van der Waals surface area contributed by atoms with Crippen molar-refractivity contribution in [3.8, 4) is 11.5 Å². The predicted molar refractivity (Wildman–Crippen MR) is 117 cm³/mol. The fourth-order valence-electron chi connectivity index (χ4n) is 2.77. The molecule has 0 radical (unpaired) electrons. The number of nitrogens with zero attached hydrogens (tertiary/aromatic N) is 1. The summed E-state index contributed by atoms with van der Waals surface area (Å²) in [5.41, 5.74) is 1.63. The first kappa shape index (κ1) is 19.6. The van der Waals surface area contributed by atoms with Gasteiger partial charge < -0.3 is 15.4 Å². The van der Waals surface area contributed by atoms with Crippen molar-refractivity contribution in [3.05, 3.63) is 95.3 Å². The minimum absolute atomic E-state index is 0.323. The Balaban J connectivity index is 1.46. The summed E-state index contributed by atoms with van der Waals surface area (Å²) in [7, 11) is 0. The molecular weight excluding hydrogens is 401 g/mol. The summed E-state index contributed by atoms with van der Waals surface area (Å²) in [4.78, 5) is 17.7. The van der Waals surface area contributed by atoms with Crippen LogP contribution in [0.25, 0.3) is 0 Å². The van der Waals surface area contributed by atoms with Gasteiger partial charge in [-0.05, 0) is 55.5 Å². The molecule has 4 rings (SSSR count). The number of ether oxygens (including phenoxy) is 1. The van der Waals surface area contributed by atoms with Crippen LogP contribution in [0.2, 0.25) is 0 Å². The number of para-hydroxylation sites is 1. The molecule has 30 heavy (non-hydrogen) atoms. The maximum atomic E-state index is 13.0. The van der Waals surface area contributed by atoms with Gasteiger partial charge in [0, 0.05) is 22.3 Å². The molecule has 4 aromatic rings. The van der Waals surface area contributed by atoms with Crippen LogP contribution in [-0.2, 0) is 0 Å². The van der Waals surface area contributed by atoms with Crippen molar-refractivity contribution in [2.45, 2.75) is 6.92 Å². The lowest BCUT2D eigenvalue weighted by atomic mass is 10.3. The van der Waals surface area contributed by atoms with Crippen LogP contribution in [0.1, 0.15) is 15.4 Å². The van der Waals surface area contributed by atoms with Gasteiger partial charge in [-0.15, -0.1) is 11.3 Å². The van der Waals surface area contributed by atoms with Crippen LogP contribution in [0.15, 0.2) is 78.9 Å². The summed E-state index contributed by atoms with van der Waals surface area (Å²) in [6.45, 7) is 1.83. The van der Waals surface area contributed by atoms with Crippen molar-refractivity contribution in [2.24, 2.45) is 0 Å². The third-order valence-electron chi connectivity index (χ3n) is 4.18. The number of anilines is 3. The highest BCUT2D eigenvalue weighted by atomic mass is 32.1. The normalized spacial score (nSPS) is 10.5. The quantitative estimate of drug-likeness (QED) is 0.381. The first-order chi connectivity index (χ1) is 14.6. The average molecular weight is 419 g/mol. The molecule has 0 fully saturated rings. The van der Waals surface area contributed by atoms with Gasteiger partial charge in [-0.25, -0.2) is 9.37 Å². The Morgan fingerprint density at radius 1 is 0.933 bits per heavy atom. The number of carbonyl (C=O) groups excluding carboxylic acids is 1. The zero-order valence-corrected chi connectivity index (χ0v) is 16.9. The molecular formula is C23H18FN3O2S. The van der Waals surface area contributed by atoms with Gasteiger partial charge in [0.2, 0.25) is 0 Å². The zero-order valence-electron chi connectivity index (χ0n) is 16.1. The third-order valence-corrected chi connectivity index (χ3v) is 5.06. The fraction of sp³-hybridized carbons (Fsp3) is 0.0435. The summed E-state index contributed by atoms with van der Waals surface area (Å²) < 4.78 is 18.9. The molecule has 0 spiro atoms. The van der Waals surface area contributed by atoms with E-state index < -0.39 is 0 Å². The SMILES string of the molecule is Cc1sc(Nc2cccc(Oc3ccccc3)c2)nc1C(=O)Nc1ccc(F)cc1. The van der Waals surface area contributed by atoms with Crippen LogP contribution in [0.4, 0.5) is 20.9 Å². The van der Waals surface area contributed by atoms with E-state index in [9.17, 15) is 9.18 Å². The Morgan fingerprint density at radius 3 is 2.43 bits per heavy atom. The lowest BCUT2D eigenvalue weighted by Gasteiger charge is -2.08. The van der Waals surface area contributed by atoms with Crippen molar-refractivity contribution < 1.29 is 13.9 Å². The number of carbonyl (C=O) groups is 1. The van der Waals surface area contributed by atoms with Crippen LogP contribution in [0, 0.1) is 12.7 Å². The van der Waals surface area contributed by atoms with Gasteiger partial charge in [-0.1, -0.05) is 24.3 Å². The first-order valence-corrected chi connectivity index (χ1v) is 10.0. The van der Waals surface area contributed by atoms with E-state index in [2.05, 4.69) is 15.6 Å². The number of hydrogen-bond donors (Lipinski definition) is 2. The Kier molecular flexibility index (Phi) is 5.72. The van der Waals surface area contributed by atoms with E-state index >= 15 is 0 Å². The topological polar surface area (TPSA) is 63.2 Å². The molecule has 3 aromatic carbocycles. The second-order valence-corrected chi connectivity index (χ2v) is 7.66. The fourth-order valence-corrected chi connectivity index (χ4v) is 3.60. The second kappa shape index (κ2) is 8.75. The molecule has 0 atom stereocenters. The van der Waals surface area contributed by atoms with Gasteiger partial charge in [-0.2, -0.15) is 0 Å². The molecule has 0 saturated heterocycles. The van der Waals surface area contributed by atoms with Gasteiger partial charge in [0.1, 0.15) is 23.0 Å². The Hall–Kier alpha value is -3.71. The minimum atomic E-state index is -0.359. The Labute approximate surface area is 177 Å². The van der Waals surface area contributed by atoms with Crippen molar-refractivity contribution in [3.63, 3.8) is 0 Å². The smallest absolute Gasteiger partial charge is 0.275 e. The van der Waals surface area contributed by atoms with Crippen molar-refractivity contribution >= 4 is 33.8 Å². The number of aryl methyl sites for hydroxylation is 1. The maximum Gasteiger partial charge on any atom is 0.275 e.